The summed E-state index contributed by atoms with van der Waals surface area (Å²) in [5, 5.41) is 10.9. The quantitative estimate of drug-likeness (QED) is 0.649. The van der Waals surface area contributed by atoms with E-state index in [0.29, 0.717) is 0 Å². The number of aliphatic carboxylic acids is 1. The molecule has 0 spiro atoms. The van der Waals surface area contributed by atoms with E-state index in [0.717, 1.165) is 4.90 Å². The number of imide groups is 1. The molecule has 1 atom stereocenters. The van der Waals surface area contributed by atoms with E-state index in [4.69, 9.17) is 10.8 Å². The van der Waals surface area contributed by atoms with Crippen molar-refractivity contribution < 1.29 is 24.3 Å². The number of anilines is 1. The molecule has 8 heteroatoms. The number of carboxylic acid groups (broad SMARTS) is 1. The smallest absolute Gasteiger partial charge is 0.329 e. The first-order chi connectivity index (χ1) is 9.40. The number of nitrogens with two attached hydrogens (primary N) is 1. The van der Waals surface area contributed by atoms with Crippen molar-refractivity contribution in [2.45, 2.75) is 12.5 Å². The lowest BCUT2D eigenvalue weighted by Gasteiger charge is -2.12. The Labute approximate surface area is 113 Å². The molecule has 4 N–H and O–H groups in total. The number of carbonyl (C=O) groups is 4. The molecule has 1 heterocycles. The fourth-order valence-corrected chi connectivity index (χ4v) is 1.86. The SMILES string of the molecule is NC(=O)c1ccc(N2C(=O)N[C@H](CC(=O)O)C2=O)cc1. The predicted molar refractivity (Wildman–Crippen MR) is 67.0 cm³/mol. The number of hydrogen-bond acceptors (Lipinski definition) is 4. The second-order valence-corrected chi connectivity index (χ2v) is 4.18. The monoisotopic (exact) mass is 277 g/mol. The third kappa shape index (κ3) is 2.44. The maximum absolute atomic E-state index is 12.0. The Morgan fingerprint density at radius 3 is 2.35 bits per heavy atom. The molecule has 0 bridgehead atoms. The van der Waals surface area contributed by atoms with Crippen LogP contribution in [-0.2, 0) is 9.59 Å². The van der Waals surface area contributed by atoms with Crippen molar-refractivity contribution in [1.29, 1.82) is 0 Å². The summed E-state index contributed by atoms with van der Waals surface area (Å²) in [6.07, 6.45) is -0.486. The van der Waals surface area contributed by atoms with E-state index < -0.39 is 36.3 Å². The minimum absolute atomic E-state index is 0.239. The second-order valence-electron chi connectivity index (χ2n) is 4.18. The summed E-state index contributed by atoms with van der Waals surface area (Å²) in [5.74, 6) is -2.46. The van der Waals surface area contributed by atoms with Crippen LogP contribution in [0.2, 0.25) is 0 Å². The van der Waals surface area contributed by atoms with Crippen LogP contribution in [0.3, 0.4) is 0 Å². The van der Waals surface area contributed by atoms with E-state index >= 15 is 0 Å². The number of nitrogens with zero attached hydrogens (tertiary/aromatic N) is 1. The summed E-state index contributed by atoms with van der Waals surface area (Å²) >= 11 is 0. The van der Waals surface area contributed by atoms with Crippen LogP contribution in [0.5, 0.6) is 0 Å². The van der Waals surface area contributed by atoms with Crippen LogP contribution in [0.15, 0.2) is 24.3 Å². The minimum Gasteiger partial charge on any atom is -0.481 e. The van der Waals surface area contributed by atoms with Gasteiger partial charge in [-0.15, -0.1) is 0 Å². The van der Waals surface area contributed by atoms with E-state index in [-0.39, 0.29) is 11.3 Å². The van der Waals surface area contributed by atoms with Crippen molar-refractivity contribution in [2.24, 2.45) is 5.73 Å². The third-order valence-electron chi connectivity index (χ3n) is 2.81. The van der Waals surface area contributed by atoms with E-state index in [9.17, 15) is 19.2 Å². The number of hydrogen-bond donors (Lipinski definition) is 3. The molecule has 0 radical (unpaired) electrons. The maximum atomic E-state index is 12.0. The fraction of sp³-hybridized carbons (Fsp3) is 0.167. The van der Waals surface area contributed by atoms with Crippen LogP contribution in [0.25, 0.3) is 0 Å². The van der Waals surface area contributed by atoms with Crippen LogP contribution in [0.1, 0.15) is 16.8 Å². The lowest BCUT2D eigenvalue weighted by molar-refractivity contribution is -0.139. The Morgan fingerprint density at radius 1 is 1.25 bits per heavy atom. The Bertz CT molecular complexity index is 596. The van der Waals surface area contributed by atoms with Gasteiger partial charge in [0.15, 0.2) is 0 Å². The van der Waals surface area contributed by atoms with E-state index in [1.165, 1.54) is 24.3 Å². The first-order valence-corrected chi connectivity index (χ1v) is 5.66. The lowest BCUT2D eigenvalue weighted by atomic mass is 10.1. The highest BCUT2D eigenvalue weighted by Crippen LogP contribution is 2.21. The summed E-state index contributed by atoms with van der Waals surface area (Å²) in [6, 6.07) is 3.75. The molecule has 4 amide bonds. The fourth-order valence-electron chi connectivity index (χ4n) is 1.86. The van der Waals surface area contributed by atoms with Crippen molar-refractivity contribution in [3.05, 3.63) is 29.8 Å². The third-order valence-corrected chi connectivity index (χ3v) is 2.81. The Hall–Kier alpha value is -2.90. The van der Waals surface area contributed by atoms with Crippen molar-refractivity contribution in [2.75, 3.05) is 4.90 Å². The van der Waals surface area contributed by atoms with E-state index in [1.54, 1.807) is 0 Å². The summed E-state index contributed by atoms with van der Waals surface area (Å²) < 4.78 is 0. The molecule has 1 saturated heterocycles. The molecule has 0 unspecified atom stereocenters. The minimum atomic E-state index is -1.19. The van der Waals surface area contributed by atoms with Crippen LogP contribution >= 0.6 is 0 Å². The molecule has 20 heavy (non-hydrogen) atoms. The molecule has 1 fully saturated rings. The zero-order valence-electron chi connectivity index (χ0n) is 10.2. The van der Waals surface area contributed by atoms with Crippen LogP contribution < -0.4 is 16.0 Å². The van der Waals surface area contributed by atoms with Gasteiger partial charge in [0.25, 0.3) is 5.91 Å². The maximum Gasteiger partial charge on any atom is 0.329 e. The van der Waals surface area contributed by atoms with Gasteiger partial charge in [-0.2, -0.15) is 0 Å². The average molecular weight is 277 g/mol. The molecule has 1 aromatic rings. The lowest BCUT2D eigenvalue weighted by Crippen LogP contribution is -2.32. The van der Waals surface area contributed by atoms with Gasteiger partial charge in [-0.25, -0.2) is 9.69 Å². The number of carboxylic acids is 1. The summed E-state index contributed by atoms with van der Waals surface area (Å²) in [6.45, 7) is 0. The number of amides is 4. The topological polar surface area (TPSA) is 130 Å². The average Bonchev–Trinajstić information content (AvgIpc) is 2.64. The highest BCUT2D eigenvalue weighted by atomic mass is 16.4. The number of nitrogens with one attached hydrogen (secondary N) is 1. The van der Waals surface area contributed by atoms with Gasteiger partial charge in [0.1, 0.15) is 6.04 Å². The number of carbonyl (C=O) groups excluding carboxylic acids is 3. The van der Waals surface area contributed by atoms with Crippen LogP contribution in [0, 0.1) is 0 Å². The predicted octanol–water partition coefficient (Wildman–Crippen LogP) is -0.315. The second kappa shape index (κ2) is 5.00. The van der Waals surface area contributed by atoms with Gasteiger partial charge in [0.2, 0.25) is 5.91 Å². The van der Waals surface area contributed by atoms with Crippen LogP contribution in [0.4, 0.5) is 10.5 Å². The molecule has 2 rings (SSSR count). The van der Waals surface area contributed by atoms with Gasteiger partial charge in [0, 0.05) is 5.56 Å². The zero-order chi connectivity index (χ0) is 14.9. The molecule has 0 saturated carbocycles. The molecular weight excluding hydrogens is 266 g/mol. The van der Waals surface area contributed by atoms with E-state index in [2.05, 4.69) is 5.32 Å². The van der Waals surface area contributed by atoms with Gasteiger partial charge in [-0.05, 0) is 24.3 Å². The summed E-state index contributed by atoms with van der Waals surface area (Å²) in [7, 11) is 0. The molecule has 1 aliphatic heterocycles. The van der Waals surface area contributed by atoms with E-state index in [1.807, 2.05) is 0 Å². The number of rotatable bonds is 4. The van der Waals surface area contributed by atoms with Gasteiger partial charge in [0.05, 0.1) is 12.1 Å². The number of primary amides is 1. The highest BCUT2D eigenvalue weighted by Gasteiger charge is 2.40. The normalized spacial score (nSPS) is 18.0. The Morgan fingerprint density at radius 2 is 1.85 bits per heavy atom. The van der Waals surface area contributed by atoms with Gasteiger partial charge < -0.3 is 16.2 Å². The van der Waals surface area contributed by atoms with Gasteiger partial charge >= 0.3 is 12.0 Å². The molecule has 8 nitrogen and oxygen atoms in total. The summed E-state index contributed by atoms with van der Waals surface area (Å²) in [5.41, 5.74) is 5.56. The number of benzene rings is 1. The Balaban J connectivity index is 2.24. The largest absolute Gasteiger partial charge is 0.481 e. The Kier molecular flexibility index (Phi) is 3.38. The highest BCUT2D eigenvalue weighted by molar-refractivity contribution is 6.22. The molecule has 0 aromatic heterocycles. The first-order valence-electron chi connectivity index (χ1n) is 5.66. The molecule has 0 aliphatic carbocycles. The molecule has 1 aliphatic rings. The summed E-state index contributed by atoms with van der Waals surface area (Å²) in [4.78, 5) is 46.0. The molecule has 104 valence electrons. The van der Waals surface area contributed by atoms with Crippen molar-refractivity contribution in [1.82, 2.24) is 5.32 Å². The van der Waals surface area contributed by atoms with Crippen LogP contribution in [-0.4, -0.2) is 35.0 Å². The van der Waals surface area contributed by atoms with Crippen molar-refractivity contribution in [3.63, 3.8) is 0 Å². The molecule has 1 aromatic carbocycles. The van der Waals surface area contributed by atoms with Gasteiger partial charge in [-0.3, -0.25) is 14.4 Å². The van der Waals surface area contributed by atoms with Crippen molar-refractivity contribution in [3.8, 4) is 0 Å². The standard InChI is InChI=1S/C12H11N3O5/c13-10(18)6-1-3-7(4-2-6)15-11(19)8(5-9(16)17)14-12(15)20/h1-4,8H,5H2,(H2,13,18)(H,14,20)(H,16,17)/t8-/m1/s1. The first kappa shape index (κ1) is 13.5. The molecular formula is C12H11N3O5. The van der Waals surface area contributed by atoms with Crippen molar-refractivity contribution >= 4 is 29.5 Å². The number of urea groups is 1. The van der Waals surface area contributed by atoms with Gasteiger partial charge in [-0.1, -0.05) is 0 Å². The zero-order valence-corrected chi connectivity index (χ0v) is 10.2.